The molecule has 0 radical (unpaired) electrons. The fourth-order valence-electron chi connectivity index (χ4n) is 2.61. The molecule has 0 aliphatic rings. The van der Waals surface area contributed by atoms with Crippen LogP contribution in [0.1, 0.15) is 21.6 Å². The van der Waals surface area contributed by atoms with Crippen LogP contribution in [0.3, 0.4) is 0 Å². The van der Waals surface area contributed by atoms with Gasteiger partial charge in [-0.1, -0.05) is 41.6 Å². The van der Waals surface area contributed by atoms with Gasteiger partial charge in [-0.05, 0) is 11.6 Å². The van der Waals surface area contributed by atoms with Gasteiger partial charge in [-0.15, -0.1) is 5.10 Å². The third-order valence-electron chi connectivity index (χ3n) is 3.90. The Labute approximate surface area is 154 Å². The smallest absolute Gasteiger partial charge is 0.273 e. The van der Waals surface area contributed by atoms with Gasteiger partial charge in [-0.3, -0.25) is 4.79 Å². The largest absolute Gasteiger partial charge is 0.346 e. The summed E-state index contributed by atoms with van der Waals surface area (Å²) in [6.07, 6.45) is 6.28. The molecule has 27 heavy (non-hydrogen) atoms. The van der Waals surface area contributed by atoms with Crippen molar-refractivity contribution in [2.24, 2.45) is 0 Å². The van der Waals surface area contributed by atoms with Gasteiger partial charge in [0.25, 0.3) is 5.91 Å². The third kappa shape index (κ3) is 3.87. The summed E-state index contributed by atoms with van der Waals surface area (Å²) in [5, 5.41) is 14.9. The Kier molecular flexibility index (Phi) is 4.64. The van der Waals surface area contributed by atoms with Crippen LogP contribution < -0.4 is 5.32 Å². The number of carbonyl (C=O) groups excluding carboxylic acids is 1. The molecule has 0 atom stereocenters. The Hall–Kier alpha value is -3.88. The molecule has 4 aromatic rings. The molecule has 0 saturated carbocycles. The van der Waals surface area contributed by atoms with Crippen LogP contribution in [0.5, 0.6) is 0 Å². The maximum absolute atomic E-state index is 12.4. The first-order valence-electron chi connectivity index (χ1n) is 8.31. The minimum atomic E-state index is -0.303. The first-order chi connectivity index (χ1) is 13.3. The molecule has 9 nitrogen and oxygen atoms in total. The number of benzene rings is 1. The van der Waals surface area contributed by atoms with Crippen molar-refractivity contribution >= 4 is 5.91 Å². The van der Waals surface area contributed by atoms with Crippen molar-refractivity contribution < 1.29 is 4.79 Å². The van der Waals surface area contributed by atoms with Crippen LogP contribution in [0.25, 0.3) is 5.82 Å². The molecule has 0 unspecified atom stereocenters. The summed E-state index contributed by atoms with van der Waals surface area (Å²) in [5.41, 5.74) is 2.16. The summed E-state index contributed by atoms with van der Waals surface area (Å²) in [6, 6.07) is 13.5. The lowest BCUT2D eigenvalue weighted by molar-refractivity contribution is 0.0946. The number of carbonyl (C=O) groups is 1. The van der Waals surface area contributed by atoms with E-state index in [0.717, 1.165) is 11.1 Å². The van der Waals surface area contributed by atoms with E-state index in [9.17, 15) is 4.79 Å². The van der Waals surface area contributed by atoms with Crippen molar-refractivity contribution in [3.8, 4) is 5.82 Å². The first-order valence-corrected chi connectivity index (χ1v) is 8.31. The fraction of sp³-hybridized carbons (Fsp3) is 0.111. The Morgan fingerprint density at radius 3 is 2.81 bits per heavy atom. The minimum absolute atomic E-state index is 0.261. The Bertz CT molecular complexity index is 1030. The highest BCUT2D eigenvalue weighted by molar-refractivity contribution is 5.91. The van der Waals surface area contributed by atoms with Gasteiger partial charge in [0.05, 0.1) is 12.7 Å². The SMILES string of the molecule is O=C(NCc1cccnc1-n1cncn1)c1cn(Cc2ccccc2)nn1. The van der Waals surface area contributed by atoms with Gasteiger partial charge in [0, 0.05) is 18.3 Å². The summed E-state index contributed by atoms with van der Waals surface area (Å²) >= 11 is 0. The van der Waals surface area contributed by atoms with E-state index in [0.29, 0.717) is 12.4 Å². The molecule has 1 N–H and O–H groups in total. The first kappa shape index (κ1) is 16.6. The molecule has 4 rings (SSSR count). The number of nitrogens with zero attached hydrogens (tertiary/aromatic N) is 7. The number of amides is 1. The lowest BCUT2D eigenvalue weighted by Crippen LogP contribution is -2.24. The van der Waals surface area contributed by atoms with E-state index in [1.54, 1.807) is 34.2 Å². The maximum Gasteiger partial charge on any atom is 0.273 e. The fourth-order valence-corrected chi connectivity index (χ4v) is 2.61. The van der Waals surface area contributed by atoms with E-state index in [4.69, 9.17) is 0 Å². The second-order valence-electron chi connectivity index (χ2n) is 5.80. The molecular weight excluding hydrogens is 344 g/mol. The van der Waals surface area contributed by atoms with Gasteiger partial charge in [-0.25, -0.2) is 19.3 Å². The summed E-state index contributed by atoms with van der Waals surface area (Å²) in [5.74, 6) is 0.311. The average molecular weight is 360 g/mol. The van der Waals surface area contributed by atoms with Crippen LogP contribution in [0.2, 0.25) is 0 Å². The highest BCUT2D eigenvalue weighted by atomic mass is 16.2. The normalized spacial score (nSPS) is 10.7. The molecule has 0 fully saturated rings. The Morgan fingerprint density at radius 2 is 2.00 bits per heavy atom. The topological polar surface area (TPSA) is 103 Å². The summed E-state index contributed by atoms with van der Waals surface area (Å²) in [6.45, 7) is 0.841. The molecule has 0 saturated heterocycles. The Morgan fingerprint density at radius 1 is 1.11 bits per heavy atom. The summed E-state index contributed by atoms with van der Waals surface area (Å²) < 4.78 is 3.19. The van der Waals surface area contributed by atoms with Crippen LogP contribution in [-0.2, 0) is 13.1 Å². The van der Waals surface area contributed by atoms with Gasteiger partial charge < -0.3 is 5.32 Å². The van der Waals surface area contributed by atoms with E-state index in [1.165, 1.54) is 6.33 Å². The van der Waals surface area contributed by atoms with E-state index in [1.807, 2.05) is 36.4 Å². The lowest BCUT2D eigenvalue weighted by Gasteiger charge is -2.08. The summed E-state index contributed by atoms with van der Waals surface area (Å²) in [7, 11) is 0. The average Bonchev–Trinajstić information content (AvgIpc) is 3.39. The van der Waals surface area contributed by atoms with Crippen LogP contribution >= 0.6 is 0 Å². The molecule has 3 heterocycles. The Balaban J connectivity index is 1.42. The molecule has 0 bridgehead atoms. The van der Waals surface area contributed by atoms with Crippen LogP contribution in [0, 0.1) is 0 Å². The van der Waals surface area contributed by atoms with Gasteiger partial charge in [0.15, 0.2) is 11.5 Å². The van der Waals surface area contributed by atoms with E-state index >= 15 is 0 Å². The van der Waals surface area contributed by atoms with Crippen molar-refractivity contribution in [1.82, 2.24) is 40.1 Å². The predicted molar refractivity (Wildman–Crippen MR) is 95.9 cm³/mol. The van der Waals surface area contributed by atoms with Crippen LogP contribution in [0.4, 0.5) is 0 Å². The van der Waals surface area contributed by atoms with Crippen molar-refractivity contribution in [3.05, 3.63) is 84.3 Å². The molecule has 0 spiro atoms. The van der Waals surface area contributed by atoms with Crippen molar-refractivity contribution in [2.45, 2.75) is 13.1 Å². The number of rotatable bonds is 6. The second-order valence-corrected chi connectivity index (χ2v) is 5.80. The van der Waals surface area contributed by atoms with E-state index in [-0.39, 0.29) is 18.1 Å². The molecule has 3 aromatic heterocycles. The molecular formula is C18H16N8O. The van der Waals surface area contributed by atoms with Gasteiger partial charge in [0.1, 0.15) is 12.7 Å². The van der Waals surface area contributed by atoms with E-state index < -0.39 is 0 Å². The molecule has 1 amide bonds. The van der Waals surface area contributed by atoms with Crippen molar-refractivity contribution in [2.75, 3.05) is 0 Å². The quantitative estimate of drug-likeness (QED) is 0.555. The lowest BCUT2D eigenvalue weighted by atomic mass is 10.2. The number of pyridine rings is 1. The van der Waals surface area contributed by atoms with Gasteiger partial charge in [0.2, 0.25) is 0 Å². The molecule has 134 valence electrons. The number of hydrogen-bond donors (Lipinski definition) is 1. The number of nitrogens with one attached hydrogen (secondary N) is 1. The molecule has 0 aliphatic heterocycles. The minimum Gasteiger partial charge on any atom is -0.346 e. The molecule has 0 aliphatic carbocycles. The highest BCUT2D eigenvalue weighted by Crippen LogP contribution is 2.09. The third-order valence-corrected chi connectivity index (χ3v) is 3.90. The predicted octanol–water partition coefficient (Wildman–Crippen LogP) is 1.23. The zero-order valence-corrected chi connectivity index (χ0v) is 14.3. The van der Waals surface area contributed by atoms with Crippen LogP contribution in [-0.4, -0.2) is 40.6 Å². The highest BCUT2D eigenvalue weighted by Gasteiger charge is 2.13. The van der Waals surface area contributed by atoms with Crippen molar-refractivity contribution in [1.29, 1.82) is 0 Å². The zero-order valence-electron chi connectivity index (χ0n) is 14.3. The van der Waals surface area contributed by atoms with Gasteiger partial charge in [-0.2, -0.15) is 5.10 Å². The second kappa shape index (κ2) is 7.56. The van der Waals surface area contributed by atoms with Crippen molar-refractivity contribution in [3.63, 3.8) is 0 Å². The standard InChI is InChI=1S/C18H16N8O/c27-18(16-11-25(24-23-16)10-14-5-2-1-3-6-14)21-9-15-7-4-8-20-17(15)26-13-19-12-22-26/h1-8,11-13H,9-10H2,(H,21,27). The molecule has 1 aromatic carbocycles. The molecule has 9 heteroatoms. The van der Waals surface area contributed by atoms with Gasteiger partial charge >= 0.3 is 0 Å². The number of hydrogen-bond acceptors (Lipinski definition) is 6. The summed E-state index contributed by atoms with van der Waals surface area (Å²) in [4.78, 5) is 20.6. The zero-order chi connectivity index (χ0) is 18.5. The monoisotopic (exact) mass is 360 g/mol. The maximum atomic E-state index is 12.4. The van der Waals surface area contributed by atoms with Crippen LogP contribution in [0.15, 0.2) is 67.5 Å². The number of aromatic nitrogens is 7. The van der Waals surface area contributed by atoms with E-state index in [2.05, 4.69) is 30.7 Å².